The second-order valence-corrected chi connectivity index (χ2v) is 6.74. The third kappa shape index (κ3) is 2.69. The lowest BCUT2D eigenvalue weighted by Gasteiger charge is -2.38. The molecule has 3 heterocycles. The van der Waals surface area contributed by atoms with Crippen LogP contribution in [0.4, 0.5) is 13.2 Å². The minimum absolute atomic E-state index is 0.0398. The van der Waals surface area contributed by atoms with Gasteiger partial charge in [0.05, 0.1) is 17.0 Å². The molecule has 0 unspecified atom stereocenters. The Hall–Kier alpha value is -2.64. The third-order valence-electron chi connectivity index (χ3n) is 5.02. The molecule has 26 heavy (non-hydrogen) atoms. The molecular weight excluding hydrogens is 345 g/mol. The molecule has 136 valence electrons. The molecule has 0 bridgehead atoms. The van der Waals surface area contributed by atoms with E-state index in [2.05, 4.69) is 10.1 Å². The van der Waals surface area contributed by atoms with Gasteiger partial charge in [0, 0.05) is 62.4 Å². The molecule has 0 aromatic carbocycles. The van der Waals surface area contributed by atoms with Gasteiger partial charge in [-0.1, -0.05) is 6.08 Å². The van der Waals surface area contributed by atoms with Crippen molar-refractivity contribution < 1.29 is 18.0 Å². The lowest BCUT2D eigenvalue weighted by molar-refractivity contribution is -0.133. The summed E-state index contributed by atoms with van der Waals surface area (Å²) in [6, 6.07) is 3.39. The van der Waals surface area contributed by atoms with E-state index in [1.54, 1.807) is 22.8 Å². The second-order valence-electron chi connectivity index (χ2n) is 6.74. The number of amides is 1. The van der Waals surface area contributed by atoms with Gasteiger partial charge in [-0.05, 0) is 12.1 Å². The standard InChI is InChI=1S/C18H17F3N4O/c1-10(26)25-8-12(9-25)17-6-16(23-24(17)2)11-5-13-14(18(19,20)21)3-4-15(13)22-7-11/h3,5-7,12H,4,8-9H2,1-2H3. The number of allylic oxidation sites excluding steroid dienone is 2. The van der Waals surface area contributed by atoms with E-state index in [-0.39, 0.29) is 23.8 Å². The van der Waals surface area contributed by atoms with Crippen LogP contribution in [0, 0.1) is 0 Å². The molecule has 2 aromatic rings. The van der Waals surface area contributed by atoms with E-state index in [0.717, 1.165) is 5.69 Å². The quantitative estimate of drug-likeness (QED) is 0.825. The Kier molecular flexibility index (Phi) is 3.68. The van der Waals surface area contributed by atoms with Crippen molar-refractivity contribution >= 4 is 11.5 Å². The summed E-state index contributed by atoms with van der Waals surface area (Å²) in [5.74, 6) is 0.232. The van der Waals surface area contributed by atoms with Gasteiger partial charge in [-0.2, -0.15) is 18.3 Å². The zero-order valence-corrected chi connectivity index (χ0v) is 14.3. The number of aryl methyl sites for hydroxylation is 1. The lowest BCUT2D eigenvalue weighted by atomic mass is 9.95. The van der Waals surface area contributed by atoms with Gasteiger partial charge < -0.3 is 4.90 Å². The van der Waals surface area contributed by atoms with Crippen LogP contribution in [0.2, 0.25) is 0 Å². The summed E-state index contributed by atoms with van der Waals surface area (Å²) in [4.78, 5) is 17.3. The molecule has 1 fully saturated rings. The zero-order chi connectivity index (χ0) is 18.6. The summed E-state index contributed by atoms with van der Waals surface area (Å²) in [5.41, 5.74) is 2.05. The Morgan fingerprint density at radius 3 is 2.65 bits per heavy atom. The van der Waals surface area contributed by atoms with Crippen LogP contribution in [0.15, 0.2) is 24.4 Å². The van der Waals surface area contributed by atoms with E-state index < -0.39 is 11.7 Å². The van der Waals surface area contributed by atoms with E-state index >= 15 is 0 Å². The molecule has 1 amide bonds. The summed E-state index contributed by atoms with van der Waals surface area (Å²) in [6.07, 6.45) is -1.44. The molecule has 5 nitrogen and oxygen atoms in total. The van der Waals surface area contributed by atoms with Crippen LogP contribution >= 0.6 is 0 Å². The van der Waals surface area contributed by atoms with E-state index in [1.807, 2.05) is 6.07 Å². The van der Waals surface area contributed by atoms with Crippen molar-refractivity contribution in [1.82, 2.24) is 19.7 Å². The Morgan fingerprint density at radius 2 is 2.00 bits per heavy atom. The predicted octanol–water partition coefficient (Wildman–Crippen LogP) is 2.93. The normalized spacial score (nSPS) is 17.1. The first-order valence-electron chi connectivity index (χ1n) is 8.30. The highest BCUT2D eigenvalue weighted by Crippen LogP contribution is 2.40. The minimum atomic E-state index is -4.39. The third-order valence-corrected chi connectivity index (χ3v) is 5.02. The molecular formula is C18H17F3N4O. The van der Waals surface area contributed by atoms with Gasteiger partial charge in [0.15, 0.2) is 0 Å². The largest absolute Gasteiger partial charge is 0.416 e. The van der Waals surface area contributed by atoms with Gasteiger partial charge in [-0.3, -0.25) is 14.5 Å². The number of likely N-dealkylation sites (tertiary alicyclic amines) is 1. The number of hydrogen-bond acceptors (Lipinski definition) is 3. The van der Waals surface area contributed by atoms with Crippen molar-refractivity contribution in [2.24, 2.45) is 7.05 Å². The SMILES string of the molecule is CC(=O)N1CC(c2cc(-c3cnc4c(c3)C(C(F)(F)F)=CC4)nn2C)C1. The highest BCUT2D eigenvalue weighted by Gasteiger charge is 2.38. The highest BCUT2D eigenvalue weighted by molar-refractivity contribution is 5.78. The number of halogens is 3. The van der Waals surface area contributed by atoms with Crippen molar-refractivity contribution in [3.8, 4) is 11.3 Å². The molecule has 2 aliphatic rings. The first-order chi connectivity index (χ1) is 12.2. The maximum Gasteiger partial charge on any atom is 0.416 e. The Labute approximate surface area is 148 Å². The van der Waals surface area contributed by atoms with Gasteiger partial charge in [-0.25, -0.2) is 0 Å². The fourth-order valence-electron chi connectivity index (χ4n) is 3.53. The average molecular weight is 362 g/mol. The number of aromatic nitrogens is 3. The first kappa shape index (κ1) is 16.8. The van der Waals surface area contributed by atoms with Crippen molar-refractivity contribution in [3.63, 3.8) is 0 Å². The van der Waals surface area contributed by atoms with E-state index in [9.17, 15) is 18.0 Å². The Bertz CT molecular complexity index is 923. The number of rotatable bonds is 2. The Morgan fingerprint density at radius 1 is 1.27 bits per heavy atom. The summed E-state index contributed by atoms with van der Waals surface area (Å²) in [5, 5.41) is 4.44. The zero-order valence-electron chi connectivity index (χ0n) is 14.3. The minimum Gasteiger partial charge on any atom is -0.341 e. The van der Waals surface area contributed by atoms with E-state index in [1.165, 1.54) is 19.1 Å². The van der Waals surface area contributed by atoms with Crippen LogP contribution in [0.25, 0.3) is 16.8 Å². The van der Waals surface area contributed by atoms with Gasteiger partial charge in [0.2, 0.25) is 5.91 Å². The molecule has 1 aliphatic heterocycles. The van der Waals surface area contributed by atoms with E-state index in [0.29, 0.717) is 30.0 Å². The van der Waals surface area contributed by atoms with Gasteiger partial charge >= 0.3 is 6.18 Å². The maximum atomic E-state index is 13.2. The van der Waals surface area contributed by atoms with Crippen LogP contribution < -0.4 is 0 Å². The lowest BCUT2D eigenvalue weighted by Crippen LogP contribution is -2.48. The van der Waals surface area contributed by atoms with Crippen LogP contribution in [-0.4, -0.2) is 44.8 Å². The molecule has 0 spiro atoms. The molecule has 8 heteroatoms. The highest BCUT2D eigenvalue weighted by atomic mass is 19.4. The average Bonchev–Trinajstić information content (AvgIpc) is 3.08. The molecule has 0 radical (unpaired) electrons. The van der Waals surface area contributed by atoms with Crippen molar-refractivity contribution in [2.75, 3.05) is 13.1 Å². The fourth-order valence-corrected chi connectivity index (χ4v) is 3.53. The van der Waals surface area contributed by atoms with Gasteiger partial charge in [-0.15, -0.1) is 0 Å². The summed E-state index contributed by atoms with van der Waals surface area (Å²) in [6.45, 7) is 2.81. The summed E-state index contributed by atoms with van der Waals surface area (Å²) in [7, 11) is 1.80. The molecule has 2 aromatic heterocycles. The first-order valence-corrected chi connectivity index (χ1v) is 8.30. The number of alkyl halides is 3. The fraction of sp³-hybridized carbons (Fsp3) is 0.389. The molecule has 1 aliphatic carbocycles. The number of fused-ring (bicyclic) bond motifs is 1. The van der Waals surface area contributed by atoms with Crippen LogP contribution in [0.1, 0.15) is 29.8 Å². The number of carbonyl (C=O) groups excluding carboxylic acids is 1. The smallest absolute Gasteiger partial charge is 0.341 e. The molecule has 0 saturated carbocycles. The van der Waals surface area contributed by atoms with Gasteiger partial charge in [0.25, 0.3) is 0 Å². The van der Waals surface area contributed by atoms with Crippen molar-refractivity contribution in [2.45, 2.75) is 25.4 Å². The Balaban J connectivity index is 1.63. The van der Waals surface area contributed by atoms with Crippen molar-refractivity contribution in [1.29, 1.82) is 0 Å². The second kappa shape index (κ2) is 5.69. The van der Waals surface area contributed by atoms with Crippen molar-refractivity contribution in [3.05, 3.63) is 41.4 Å². The van der Waals surface area contributed by atoms with E-state index in [4.69, 9.17) is 0 Å². The van der Waals surface area contributed by atoms with Crippen LogP contribution in [0.3, 0.4) is 0 Å². The monoisotopic (exact) mass is 362 g/mol. The molecule has 0 N–H and O–H groups in total. The number of hydrogen-bond donors (Lipinski definition) is 0. The molecule has 4 rings (SSSR count). The molecule has 0 atom stereocenters. The van der Waals surface area contributed by atoms with Crippen LogP contribution in [0.5, 0.6) is 0 Å². The maximum absolute atomic E-state index is 13.2. The number of carbonyl (C=O) groups is 1. The summed E-state index contributed by atoms with van der Waals surface area (Å²) >= 11 is 0. The predicted molar refractivity (Wildman–Crippen MR) is 89.2 cm³/mol. The van der Waals surface area contributed by atoms with Crippen LogP contribution in [-0.2, 0) is 18.3 Å². The topological polar surface area (TPSA) is 51.0 Å². The van der Waals surface area contributed by atoms with Gasteiger partial charge in [0.1, 0.15) is 0 Å². The molecule has 1 saturated heterocycles. The number of pyridine rings is 1. The summed E-state index contributed by atoms with van der Waals surface area (Å²) < 4.78 is 41.2. The number of nitrogens with zero attached hydrogens (tertiary/aromatic N) is 4.